The first-order valence-electron chi connectivity index (χ1n) is 5.61. The zero-order valence-corrected chi connectivity index (χ0v) is 10.9. The van der Waals surface area contributed by atoms with E-state index in [2.05, 4.69) is 15.4 Å². The van der Waals surface area contributed by atoms with Crippen LogP contribution in [0.25, 0.3) is 0 Å². The second-order valence-corrected chi connectivity index (χ2v) is 3.80. The number of rotatable bonds is 7. The first kappa shape index (κ1) is 14.9. The molecule has 0 bridgehead atoms. The zero-order valence-electron chi connectivity index (χ0n) is 10.9. The van der Waals surface area contributed by atoms with Crippen LogP contribution in [-0.4, -0.2) is 63.6 Å². The summed E-state index contributed by atoms with van der Waals surface area (Å²) in [6.07, 6.45) is 1.52. The molecule has 9 heteroatoms. The van der Waals surface area contributed by atoms with E-state index in [9.17, 15) is 9.59 Å². The SMILES string of the molecule is COCCN(CC(=O)O)C(=O)NCc1ncn(C)n1. The van der Waals surface area contributed by atoms with E-state index in [0.717, 1.165) is 4.90 Å². The molecule has 0 aromatic carbocycles. The molecule has 106 valence electrons. The summed E-state index contributed by atoms with van der Waals surface area (Å²) in [5, 5.41) is 15.3. The molecular weight excluding hydrogens is 254 g/mol. The molecule has 0 saturated carbocycles. The van der Waals surface area contributed by atoms with Crippen LogP contribution in [0.2, 0.25) is 0 Å². The molecule has 0 saturated heterocycles. The second-order valence-electron chi connectivity index (χ2n) is 3.80. The average Bonchev–Trinajstić information content (AvgIpc) is 2.77. The van der Waals surface area contributed by atoms with Crippen molar-refractivity contribution in [2.24, 2.45) is 7.05 Å². The highest BCUT2D eigenvalue weighted by atomic mass is 16.5. The second kappa shape index (κ2) is 7.31. The van der Waals surface area contributed by atoms with E-state index in [0.29, 0.717) is 5.82 Å². The largest absolute Gasteiger partial charge is 0.480 e. The van der Waals surface area contributed by atoms with Gasteiger partial charge in [0.1, 0.15) is 12.9 Å². The van der Waals surface area contributed by atoms with Crippen LogP contribution in [0.5, 0.6) is 0 Å². The van der Waals surface area contributed by atoms with Crippen LogP contribution in [0, 0.1) is 0 Å². The van der Waals surface area contributed by atoms with Gasteiger partial charge in [0.15, 0.2) is 5.82 Å². The van der Waals surface area contributed by atoms with Crippen LogP contribution >= 0.6 is 0 Å². The molecule has 0 spiro atoms. The van der Waals surface area contributed by atoms with Crippen molar-refractivity contribution in [3.05, 3.63) is 12.2 Å². The van der Waals surface area contributed by atoms with Crippen molar-refractivity contribution in [3.8, 4) is 0 Å². The van der Waals surface area contributed by atoms with Gasteiger partial charge in [-0.15, -0.1) is 0 Å². The number of ether oxygens (including phenoxy) is 1. The molecule has 1 rings (SSSR count). The summed E-state index contributed by atoms with van der Waals surface area (Å²) in [7, 11) is 3.20. The smallest absolute Gasteiger partial charge is 0.323 e. The molecule has 0 unspecified atom stereocenters. The summed E-state index contributed by atoms with van der Waals surface area (Å²) in [5.74, 6) is -0.625. The van der Waals surface area contributed by atoms with Gasteiger partial charge in [-0.2, -0.15) is 5.10 Å². The van der Waals surface area contributed by atoms with Gasteiger partial charge in [0.05, 0.1) is 13.2 Å². The maximum absolute atomic E-state index is 11.8. The lowest BCUT2D eigenvalue weighted by Crippen LogP contribution is -2.44. The van der Waals surface area contributed by atoms with Crippen molar-refractivity contribution in [2.45, 2.75) is 6.54 Å². The molecule has 0 aliphatic carbocycles. The number of nitrogens with zero attached hydrogens (tertiary/aromatic N) is 4. The summed E-state index contributed by atoms with van der Waals surface area (Å²) in [4.78, 5) is 27.6. The van der Waals surface area contributed by atoms with E-state index in [1.54, 1.807) is 7.05 Å². The van der Waals surface area contributed by atoms with Gasteiger partial charge in [-0.1, -0.05) is 0 Å². The maximum atomic E-state index is 11.8. The molecule has 1 aromatic heterocycles. The lowest BCUT2D eigenvalue weighted by atomic mass is 10.5. The van der Waals surface area contributed by atoms with Gasteiger partial charge in [-0.25, -0.2) is 9.78 Å². The number of amides is 2. The van der Waals surface area contributed by atoms with Gasteiger partial charge in [-0.3, -0.25) is 9.48 Å². The van der Waals surface area contributed by atoms with E-state index in [-0.39, 0.29) is 26.2 Å². The van der Waals surface area contributed by atoms with Crippen LogP contribution in [0.15, 0.2) is 6.33 Å². The molecule has 0 aliphatic heterocycles. The Bertz CT molecular complexity index is 433. The highest BCUT2D eigenvalue weighted by Gasteiger charge is 2.16. The number of carboxylic acid groups (broad SMARTS) is 1. The molecule has 2 amide bonds. The summed E-state index contributed by atoms with van der Waals surface area (Å²) < 4.78 is 6.34. The van der Waals surface area contributed by atoms with Crippen molar-refractivity contribution in [3.63, 3.8) is 0 Å². The Hall–Kier alpha value is -2.16. The lowest BCUT2D eigenvalue weighted by Gasteiger charge is -2.20. The molecule has 9 nitrogen and oxygen atoms in total. The third-order valence-corrected chi connectivity index (χ3v) is 2.22. The van der Waals surface area contributed by atoms with Crippen molar-refractivity contribution < 1.29 is 19.4 Å². The first-order valence-corrected chi connectivity index (χ1v) is 5.61. The number of hydrogen-bond donors (Lipinski definition) is 2. The van der Waals surface area contributed by atoms with Gasteiger partial charge >= 0.3 is 12.0 Å². The summed E-state index contributed by atoms with van der Waals surface area (Å²) >= 11 is 0. The maximum Gasteiger partial charge on any atom is 0.323 e. The lowest BCUT2D eigenvalue weighted by molar-refractivity contribution is -0.137. The van der Waals surface area contributed by atoms with Gasteiger partial charge in [0, 0.05) is 20.7 Å². The van der Waals surface area contributed by atoms with E-state index >= 15 is 0 Å². The fourth-order valence-corrected chi connectivity index (χ4v) is 1.35. The Balaban J connectivity index is 2.48. The number of carbonyl (C=O) groups is 2. The summed E-state index contributed by atoms with van der Waals surface area (Å²) in [6.45, 7) is 0.223. The molecule has 2 N–H and O–H groups in total. The van der Waals surface area contributed by atoms with Crippen LogP contribution in [0.1, 0.15) is 5.82 Å². The van der Waals surface area contributed by atoms with Crippen molar-refractivity contribution >= 4 is 12.0 Å². The summed E-state index contributed by atoms with van der Waals surface area (Å²) in [6, 6.07) is -0.494. The molecule has 1 aromatic rings. The Morgan fingerprint density at radius 1 is 1.58 bits per heavy atom. The third kappa shape index (κ3) is 5.34. The van der Waals surface area contributed by atoms with Crippen LogP contribution in [0.3, 0.4) is 0 Å². The predicted molar refractivity (Wildman–Crippen MR) is 64.3 cm³/mol. The van der Waals surface area contributed by atoms with Gasteiger partial charge in [-0.05, 0) is 0 Å². The number of carboxylic acids is 1. The molecule has 1 heterocycles. The molecule has 0 radical (unpaired) electrons. The quantitative estimate of drug-likeness (QED) is 0.662. The van der Waals surface area contributed by atoms with E-state index < -0.39 is 12.0 Å². The van der Waals surface area contributed by atoms with E-state index in [4.69, 9.17) is 9.84 Å². The molecule has 0 aliphatic rings. The molecule has 19 heavy (non-hydrogen) atoms. The minimum absolute atomic E-state index is 0.142. The average molecular weight is 271 g/mol. The zero-order chi connectivity index (χ0) is 14.3. The van der Waals surface area contributed by atoms with E-state index in [1.807, 2.05) is 0 Å². The van der Waals surface area contributed by atoms with Crippen LogP contribution in [-0.2, 0) is 23.1 Å². The number of hydrogen-bond acceptors (Lipinski definition) is 5. The van der Waals surface area contributed by atoms with Crippen molar-refractivity contribution in [1.82, 2.24) is 25.0 Å². The number of nitrogens with one attached hydrogen (secondary N) is 1. The fourth-order valence-electron chi connectivity index (χ4n) is 1.35. The topological polar surface area (TPSA) is 110 Å². The number of aryl methyl sites for hydroxylation is 1. The number of urea groups is 1. The first-order chi connectivity index (χ1) is 9.02. The van der Waals surface area contributed by atoms with Crippen molar-refractivity contribution in [1.29, 1.82) is 0 Å². The molecular formula is C10H17N5O4. The van der Waals surface area contributed by atoms with Crippen LogP contribution in [0.4, 0.5) is 4.79 Å². The molecule has 0 fully saturated rings. The monoisotopic (exact) mass is 271 g/mol. The number of carbonyl (C=O) groups excluding carboxylic acids is 1. The predicted octanol–water partition coefficient (Wildman–Crippen LogP) is -0.942. The minimum atomic E-state index is -1.08. The number of aliphatic carboxylic acids is 1. The summed E-state index contributed by atoms with van der Waals surface area (Å²) in [5.41, 5.74) is 0. The normalized spacial score (nSPS) is 10.2. The van der Waals surface area contributed by atoms with E-state index in [1.165, 1.54) is 18.1 Å². The Labute approximate surface area is 110 Å². The minimum Gasteiger partial charge on any atom is -0.480 e. The highest BCUT2D eigenvalue weighted by molar-refractivity contribution is 5.79. The van der Waals surface area contributed by atoms with Gasteiger partial charge in [0.25, 0.3) is 0 Å². The van der Waals surface area contributed by atoms with Crippen molar-refractivity contribution in [2.75, 3.05) is 26.8 Å². The highest BCUT2D eigenvalue weighted by Crippen LogP contribution is 1.93. The Morgan fingerprint density at radius 3 is 2.84 bits per heavy atom. The third-order valence-electron chi connectivity index (χ3n) is 2.22. The van der Waals surface area contributed by atoms with Gasteiger partial charge < -0.3 is 20.1 Å². The number of methoxy groups -OCH3 is 1. The van der Waals surface area contributed by atoms with Gasteiger partial charge in [0.2, 0.25) is 0 Å². The fraction of sp³-hybridized carbons (Fsp3) is 0.600. The number of aromatic nitrogens is 3. The standard InChI is InChI=1S/C10H17N5O4/c1-14-7-12-8(13-14)5-11-10(18)15(3-4-19-2)6-9(16)17/h7H,3-6H2,1-2H3,(H,11,18)(H,16,17). The van der Waals surface area contributed by atoms with Crippen LogP contribution < -0.4 is 5.32 Å². The Kier molecular flexibility index (Phi) is 5.73. The molecule has 0 atom stereocenters. The Morgan fingerprint density at radius 2 is 2.32 bits per heavy atom.